The molecule has 0 spiro atoms. The van der Waals surface area contributed by atoms with Crippen molar-refractivity contribution >= 4 is 11.7 Å². The molecule has 0 aliphatic heterocycles. The van der Waals surface area contributed by atoms with Crippen LogP contribution in [0.25, 0.3) is 11.1 Å². The lowest BCUT2D eigenvalue weighted by atomic mass is 10.0. The fourth-order valence-corrected chi connectivity index (χ4v) is 1.82. The molecule has 2 rings (SSSR count). The second kappa shape index (κ2) is 6.17. The molecule has 0 bridgehead atoms. The van der Waals surface area contributed by atoms with Gasteiger partial charge in [0.2, 0.25) is 5.91 Å². The molecule has 3 nitrogen and oxygen atoms in total. The number of nitrogens with zero attached hydrogens (tertiary/aromatic N) is 1. The molecule has 0 aliphatic rings. The van der Waals surface area contributed by atoms with E-state index in [1.54, 1.807) is 32.0 Å². The zero-order valence-corrected chi connectivity index (χ0v) is 12.1. The van der Waals surface area contributed by atoms with Gasteiger partial charge < -0.3 is 5.32 Å². The van der Waals surface area contributed by atoms with Gasteiger partial charge in [0.25, 0.3) is 0 Å². The molecule has 116 valence electrons. The highest BCUT2D eigenvalue weighted by Crippen LogP contribution is 2.32. The van der Waals surface area contributed by atoms with Gasteiger partial charge >= 0.3 is 6.18 Å². The molecule has 2 aromatic rings. The first-order valence-corrected chi connectivity index (χ1v) is 6.72. The number of alkyl halides is 3. The van der Waals surface area contributed by atoms with Crippen molar-refractivity contribution in [3.8, 4) is 11.1 Å². The molecule has 0 fully saturated rings. The molecule has 0 saturated heterocycles. The Hall–Kier alpha value is -2.37. The van der Waals surface area contributed by atoms with Gasteiger partial charge in [0.05, 0.1) is 5.56 Å². The third kappa shape index (κ3) is 3.84. The molecule has 1 N–H and O–H groups in total. The quantitative estimate of drug-likeness (QED) is 0.915. The molecule has 22 heavy (non-hydrogen) atoms. The van der Waals surface area contributed by atoms with Crippen LogP contribution in [-0.4, -0.2) is 10.9 Å². The number of anilines is 1. The summed E-state index contributed by atoms with van der Waals surface area (Å²) in [7, 11) is 0. The zero-order valence-electron chi connectivity index (χ0n) is 12.1. The lowest BCUT2D eigenvalue weighted by Crippen LogP contribution is -2.18. The standard InChI is InChI=1S/C16H15F3N2O/c1-10(2)15(22)21-14-9-12(6-7-20-14)11-4-3-5-13(8-11)16(17,18)19/h3-10H,1-2H3,(H,20,21,22). The Bertz CT molecular complexity index is 681. The first-order valence-electron chi connectivity index (χ1n) is 6.72. The molecule has 1 aromatic heterocycles. The summed E-state index contributed by atoms with van der Waals surface area (Å²) in [4.78, 5) is 15.7. The fraction of sp³-hybridized carbons (Fsp3) is 0.250. The number of pyridine rings is 1. The molecule has 1 heterocycles. The highest BCUT2D eigenvalue weighted by Gasteiger charge is 2.30. The predicted octanol–water partition coefficient (Wildman–Crippen LogP) is 4.36. The number of carbonyl (C=O) groups excluding carboxylic acids is 1. The van der Waals surface area contributed by atoms with Gasteiger partial charge in [-0.15, -0.1) is 0 Å². The van der Waals surface area contributed by atoms with Crippen LogP contribution < -0.4 is 5.32 Å². The number of hydrogen-bond donors (Lipinski definition) is 1. The summed E-state index contributed by atoms with van der Waals surface area (Å²) in [6, 6.07) is 8.18. The molecule has 1 aromatic carbocycles. The molecule has 1 amide bonds. The van der Waals surface area contributed by atoms with Crippen molar-refractivity contribution in [3.63, 3.8) is 0 Å². The van der Waals surface area contributed by atoms with E-state index in [1.165, 1.54) is 12.3 Å². The van der Waals surface area contributed by atoms with Gasteiger partial charge in [-0.25, -0.2) is 4.98 Å². The Morgan fingerprint density at radius 1 is 1.14 bits per heavy atom. The minimum absolute atomic E-state index is 0.200. The summed E-state index contributed by atoms with van der Waals surface area (Å²) < 4.78 is 38.3. The number of aromatic nitrogens is 1. The third-order valence-corrected chi connectivity index (χ3v) is 3.06. The Balaban J connectivity index is 2.32. The third-order valence-electron chi connectivity index (χ3n) is 3.06. The SMILES string of the molecule is CC(C)C(=O)Nc1cc(-c2cccc(C(F)(F)F)c2)ccn1. The summed E-state index contributed by atoms with van der Waals surface area (Å²) in [6.45, 7) is 3.48. The molecular formula is C16H15F3N2O. The first-order chi connectivity index (χ1) is 10.3. The zero-order chi connectivity index (χ0) is 16.3. The van der Waals surface area contributed by atoms with E-state index in [0.717, 1.165) is 12.1 Å². The highest BCUT2D eigenvalue weighted by molar-refractivity contribution is 5.91. The number of carbonyl (C=O) groups is 1. The number of benzene rings is 1. The van der Waals surface area contributed by atoms with Crippen molar-refractivity contribution in [1.29, 1.82) is 0 Å². The van der Waals surface area contributed by atoms with Crippen molar-refractivity contribution in [2.75, 3.05) is 5.32 Å². The van der Waals surface area contributed by atoms with Crippen LogP contribution in [0.5, 0.6) is 0 Å². The van der Waals surface area contributed by atoms with Crippen molar-refractivity contribution in [1.82, 2.24) is 4.98 Å². The maximum absolute atomic E-state index is 12.8. The van der Waals surface area contributed by atoms with E-state index < -0.39 is 11.7 Å². The molecule has 0 atom stereocenters. The highest BCUT2D eigenvalue weighted by atomic mass is 19.4. The average Bonchev–Trinajstić information content (AvgIpc) is 2.46. The second-order valence-corrected chi connectivity index (χ2v) is 5.15. The van der Waals surface area contributed by atoms with Crippen LogP contribution >= 0.6 is 0 Å². The Kier molecular flexibility index (Phi) is 4.49. The van der Waals surface area contributed by atoms with Crippen LogP contribution in [0.3, 0.4) is 0 Å². The number of hydrogen-bond acceptors (Lipinski definition) is 2. The molecule has 0 saturated carbocycles. The van der Waals surface area contributed by atoms with Crippen LogP contribution in [0, 0.1) is 5.92 Å². The van der Waals surface area contributed by atoms with Crippen LogP contribution in [-0.2, 0) is 11.0 Å². The lowest BCUT2D eigenvalue weighted by molar-refractivity contribution is -0.137. The Morgan fingerprint density at radius 3 is 2.45 bits per heavy atom. The van der Waals surface area contributed by atoms with Crippen LogP contribution in [0.4, 0.5) is 19.0 Å². The van der Waals surface area contributed by atoms with E-state index in [9.17, 15) is 18.0 Å². The maximum Gasteiger partial charge on any atom is 0.416 e. The smallest absolute Gasteiger partial charge is 0.310 e. The topological polar surface area (TPSA) is 42.0 Å². The summed E-state index contributed by atoms with van der Waals surface area (Å²) >= 11 is 0. The van der Waals surface area contributed by atoms with Gasteiger partial charge in [-0.2, -0.15) is 13.2 Å². The van der Waals surface area contributed by atoms with Gasteiger partial charge in [0.15, 0.2) is 0 Å². The van der Waals surface area contributed by atoms with Gasteiger partial charge in [0.1, 0.15) is 5.82 Å². The van der Waals surface area contributed by atoms with Crippen LogP contribution in [0.15, 0.2) is 42.6 Å². The van der Waals surface area contributed by atoms with E-state index >= 15 is 0 Å². The van der Waals surface area contributed by atoms with Crippen molar-refractivity contribution < 1.29 is 18.0 Å². The lowest BCUT2D eigenvalue weighted by Gasteiger charge is -2.10. The summed E-state index contributed by atoms with van der Waals surface area (Å²) in [6.07, 6.45) is -2.94. The summed E-state index contributed by atoms with van der Waals surface area (Å²) in [5.41, 5.74) is 0.256. The van der Waals surface area contributed by atoms with Crippen molar-refractivity contribution in [2.24, 2.45) is 5.92 Å². The second-order valence-electron chi connectivity index (χ2n) is 5.15. The normalized spacial score (nSPS) is 11.5. The number of halogens is 3. The Morgan fingerprint density at radius 2 is 1.82 bits per heavy atom. The molecule has 0 unspecified atom stereocenters. The van der Waals surface area contributed by atoms with E-state index in [2.05, 4.69) is 10.3 Å². The monoisotopic (exact) mass is 308 g/mol. The number of nitrogens with one attached hydrogen (secondary N) is 1. The number of amides is 1. The summed E-state index contributed by atoms with van der Waals surface area (Å²) in [5.74, 6) is -0.0960. The van der Waals surface area contributed by atoms with E-state index in [0.29, 0.717) is 16.9 Å². The van der Waals surface area contributed by atoms with Crippen LogP contribution in [0.2, 0.25) is 0 Å². The summed E-state index contributed by atoms with van der Waals surface area (Å²) in [5, 5.41) is 2.62. The van der Waals surface area contributed by atoms with Gasteiger partial charge in [0, 0.05) is 12.1 Å². The largest absolute Gasteiger partial charge is 0.416 e. The molecule has 0 radical (unpaired) electrons. The van der Waals surface area contributed by atoms with Gasteiger partial charge in [-0.05, 0) is 35.4 Å². The minimum Gasteiger partial charge on any atom is -0.310 e. The first kappa shape index (κ1) is 16.0. The van der Waals surface area contributed by atoms with Crippen LogP contribution in [0.1, 0.15) is 19.4 Å². The van der Waals surface area contributed by atoms with E-state index in [1.807, 2.05) is 0 Å². The van der Waals surface area contributed by atoms with Gasteiger partial charge in [-0.3, -0.25) is 4.79 Å². The van der Waals surface area contributed by atoms with Crippen molar-refractivity contribution in [2.45, 2.75) is 20.0 Å². The predicted molar refractivity (Wildman–Crippen MR) is 78.1 cm³/mol. The molecule has 6 heteroatoms. The van der Waals surface area contributed by atoms with E-state index in [4.69, 9.17) is 0 Å². The number of rotatable bonds is 3. The molecule has 0 aliphatic carbocycles. The van der Waals surface area contributed by atoms with E-state index in [-0.39, 0.29) is 11.8 Å². The average molecular weight is 308 g/mol. The molecular weight excluding hydrogens is 293 g/mol. The van der Waals surface area contributed by atoms with Crippen molar-refractivity contribution in [3.05, 3.63) is 48.2 Å². The maximum atomic E-state index is 12.8. The fourth-order valence-electron chi connectivity index (χ4n) is 1.82. The van der Waals surface area contributed by atoms with Gasteiger partial charge in [-0.1, -0.05) is 26.0 Å². The Labute approximate surface area is 126 Å². The minimum atomic E-state index is -4.39.